The maximum absolute atomic E-state index is 12.5. The Bertz CT molecular complexity index is 757. The van der Waals surface area contributed by atoms with Gasteiger partial charge in [0.25, 0.3) is 6.43 Å². The van der Waals surface area contributed by atoms with Gasteiger partial charge in [0.05, 0.1) is 11.9 Å². The summed E-state index contributed by atoms with van der Waals surface area (Å²) in [6.45, 7) is 5.04. The number of hydrogen-bond acceptors (Lipinski definition) is 2. The first-order valence-corrected chi connectivity index (χ1v) is 8.41. The van der Waals surface area contributed by atoms with Crippen LogP contribution in [0.1, 0.15) is 36.5 Å². The number of amides is 2. The lowest BCUT2D eigenvalue weighted by molar-refractivity contribution is 0.122. The van der Waals surface area contributed by atoms with Crippen LogP contribution in [-0.2, 0) is 19.5 Å². The van der Waals surface area contributed by atoms with Crippen molar-refractivity contribution in [1.29, 1.82) is 0 Å². The molecule has 0 saturated carbocycles. The summed E-state index contributed by atoms with van der Waals surface area (Å²) in [5.41, 5.74) is 4.27. The van der Waals surface area contributed by atoms with E-state index in [1.165, 1.54) is 29.1 Å². The molecular weight excluding hydrogens is 326 g/mol. The number of nitrogens with zero attached hydrogens (tertiary/aromatic N) is 3. The van der Waals surface area contributed by atoms with E-state index in [0.717, 1.165) is 11.1 Å². The second kappa shape index (κ2) is 7.21. The van der Waals surface area contributed by atoms with E-state index in [1.54, 1.807) is 4.90 Å². The van der Waals surface area contributed by atoms with Gasteiger partial charge in [-0.25, -0.2) is 13.6 Å². The van der Waals surface area contributed by atoms with Gasteiger partial charge in [-0.05, 0) is 29.0 Å². The smallest absolute Gasteiger partial charge is 0.320 e. The van der Waals surface area contributed by atoms with Gasteiger partial charge in [-0.3, -0.25) is 4.68 Å². The summed E-state index contributed by atoms with van der Waals surface area (Å²) in [6, 6.07) is 6.00. The summed E-state index contributed by atoms with van der Waals surface area (Å²) >= 11 is 0. The second-order valence-corrected chi connectivity index (χ2v) is 6.58. The molecule has 25 heavy (non-hydrogen) atoms. The zero-order chi connectivity index (χ0) is 18.0. The standard InChI is InChI=1S/C18H22F2N4O/c1-12(2)15-5-3-4-13-9-23(7-6-16(13)15)18(25)22-14-8-21-24(10-14)11-17(19)20/h3-5,8,10,12,17H,6-7,9,11H2,1-2H3,(H,22,25). The van der Waals surface area contributed by atoms with Gasteiger partial charge in [-0.1, -0.05) is 32.0 Å². The average molecular weight is 348 g/mol. The summed E-state index contributed by atoms with van der Waals surface area (Å²) in [5.74, 6) is 0.455. The predicted molar refractivity (Wildman–Crippen MR) is 91.9 cm³/mol. The van der Waals surface area contributed by atoms with Crippen LogP contribution in [0.2, 0.25) is 0 Å². The quantitative estimate of drug-likeness (QED) is 0.912. The van der Waals surface area contributed by atoms with Crippen LogP contribution in [0.4, 0.5) is 19.3 Å². The molecule has 0 aliphatic carbocycles. The minimum atomic E-state index is -2.47. The number of urea groups is 1. The van der Waals surface area contributed by atoms with Crippen LogP contribution >= 0.6 is 0 Å². The zero-order valence-corrected chi connectivity index (χ0v) is 14.4. The molecule has 3 rings (SSSR count). The van der Waals surface area contributed by atoms with Crippen molar-refractivity contribution >= 4 is 11.7 Å². The molecule has 7 heteroatoms. The fourth-order valence-corrected chi connectivity index (χ4v) is 3.23. The van der Waals surface area contributed by atoms with E-state index >= 15 is 0 Å². The minimum absolute atomic E-state index is 0.239. The van der Waals surface area contributed by atoms with Gasteiger partial charge in [-0.15, -0.1) is 0 Å². The molecule has 1 aliphatic rings. The monoisotopic (exact) mass is 348 g/mol. The summed E-state index contributed by atoms with van der Waals surface area (Å²) in [6.07, 6.45) is 1.15. The van der Waals surface area contributed by atoms with Gasteiger partial charge in [0.15, 0.2) is 0 Å². The molecule has 1 N–H and O–H groups in total. The fourth-order valence-electron chi connectivity index (χ4n) is 3.23. The SMILES string of the molecule is CC(C)c1cccc2c1CCN(C(=O)Nc1cnn(CC(F)F)c1)C2. The van der Waals surface area contributed by atoms with Crippen LogP contribution in [0.3, 0.4) is 0 Å². The number of nitrogens with one attached hydrogen (secondary N) is 1. The number of carbonyl (C=O) groups is 1. The van der Waals surface area contributed by atoms with Crippen molar-refractivity contribution in [2.45, 2.75) is 45.7 Å². The highest BCUT2D eigenvalue weighted by Crippen LogP contribution is 2.27. The number of halogens is 2. The molecule has 0 radical (unpaired) electrons. The molecule has 0 spiro atoms. The Morgan fingerprint density at radius 3 is 2.88 bits per heavy atom. The van der Waals surface area contributed by atoms with E-state index < -0.39 is 13.0 Å². The van der Waals surface area contributed by atoms with E-state index in [9.17, 15) is 13.6 Å². The van der Waals surface area contributed by atoms with E-state index in [-0.39, 0.29) is 6.03 Å². The Kier molecular flexibility index (Phi) is 5.01. The van der Waals surface area contributed by atoms with E-state index in [2.05, 4.69) is 36.4 Å². The molecule has 0 fully saturated rings. The van der Waals surface area contributed by atoms with Crippen molar-refractivity contribution in [2.24, 2.45) is 0 Å². The molecular formula is C18H22F2N4O. The predicted octanol–water partition coefficient (Wildman–Crippen LogP) is 3.86. The number of carbonyl (C=O) groups excluding carboxylic acids is 1. The number of aromatic nitrogens is 2. The first kappa shape index (κ1) is 17.4. The molecule has 2 heterocycles. The van der Waals surface area contributed by atoms with Crippen LogP contribution in [0.15, 0.2) is 30.6 Å². The molecule has 134 valence electrons. The van der Waals surface area contributed by atoms with Crippen LogP contribution in [0, 0.1) is 0 Å². The molecule has 0 atom stereocenters. The number of fused-ring (bicyclic) bond motifs is 1. The molecule has 2 amide bonds. The van der Waals surface area contributed by atoms with E-state index in [1.807, 2.05) is 6.07 Å². The third kappa shape index (κ3) is 3.97. The molecule has 1 aliphatic heterocycles. The third-order valence-electron chi connectivity index (χ3n) is 4.42. The zero-order valence-electron chi connectivity index (χ0n) is 14.4. The molecule has 2 aromatic rings. The maximum Gasteiger partial charge on any atom is 0.322 e. The van der Waals surface area contributed by atoms with Crippen LogP contribution < -0.4 is 5.32 Å². The third-order valence-corrected chi connectivity index (χ3v) is 4.42. The van der Waals surface area contributed by atoms with Crippen molar-refractivity contribution in [3.63, 3.8) is 0 Å². The van der Waals surface area contributed by atoms with Crippen LogP contribution in [0.25, 0.3) is 0 Å². The van der Waals surface area contributed by atoms with Crippen LogP contribution in [-0.4, -0.2) is 33.7 Å². The highest BCUT2D eigenvalue weighted by Gasteiger charge is 2.23. The topological polar surface area (TPSA) is 50.2 Å². The van der Waals surface area contributed by atoms with Crippen molar-refractivity contribution in [3.05, 3.63) is 47.3 Å². The second-order valence-electron chi connectivity index (χ2n) is 6.58. The lowest BCUT2D eigenvalue weighted by Gasteiger charge is -2.30. The Morgan fingerprint density at radius 2 is 2.16 bits per heavy atom. The average Bonchev–Trinajstić information content (AvgIpc) is 2.99. The van der Waals surface area contributed by atoms with Gasteiger partial charge in [0.1, 0.15) is 6.54 Å². The normalized spacial score (nSPS) is 14.1. The number of hydrogen-bond donors (Lipinski definition) is 1. The first-order valence-electron chi connectivity index (χ1n) is 8.41. The largest absolute Gasteiger partial charge is 0.322 e. The van der Waals surface area contributed by atoms with Crippen LogP contribution in [0.5, 0.6) is 0 Å². The van der Waals surface area contributed by atoms with Crippen molar-refractivity contribution < 1.29 is 13.6 Å². The van der Waals surface area contributed by atoms with E-state index in [0.29, 0.717) is 24.7 Å². The maximum atomic E-state index is 12.5. The van der Waals surface area contributed by atoms with Crippen molar-refractivity contribution in [2.75, 3.05) is 11.9 Å². The molecule has 1 aromatic carbocycles. The highest BCUT2D eigenvalue weighted by atomic mass is 19.3. The Hall–Kier alpha value is -2.44. The number of rotatable bonds is 4. The molecule has 5 nitrogen and oxygen atoms in total. The van der Waals surface area contributed by atoms with Gasteiger partial charge in [-0.2, -0.15) is 5.10 Å². The van der Waals surface area contributed by atoms with Crippen molar-refractivity contribution in [1.82, 2.24) is 14.7 Å². The fraction of sp³-hybridized carbons (Fsp3) is 0.444. The number of alkyl halides is 2. The molecule has 1 aromatic heterocycles. The van der Waals surface area contributed by atoms with Gasteiger partial charge in [0.2, 0.25) is 0 Å². The molecule has 0 saturated heterocycles. The Morgan fingerprint density at radius 1 is 1.36 bits per heavy atom. The summed E-state index contributed by atoms with van der Waals surface area (Å²) in [7, 11) is 0. The number of benzene rings is 1. The van der Waals surface area contributed by atoms with Gasteiger partial charge < -0.3 is 10.2 Å². The highest BCUT2D eigenvalue weighted by molar-refractivity contribution is 5.89. The van der Waals surface area contributed by atoms with Gasteiger partial charge >= 0.3 is 6.03 Å². The van der Waals surface area contributed by atoms with Gasteiger partial charge in [0, 0.05) is 19.3 Å². The minimum Gasteiger partial charge on any atom is -0.320 e. The summed E-state index contributed by atoms with van der Waals surface area (Å²) in [4.78, 5) is 14.2. The number of anilines is 1. The Balaban J connectivity index is 1.66. The molecule has 0 bridgehead atoms. The first-order chi connectivity index (χ1) is 11.9. The summed E-state index contributed by atoms with van der Waals surface area (Å²) < 4.78 is 25.8. The summed E-state index contributed by atoms with van der Waals surface area (Å²) in [5, 5.41) is 6.56. The lowest BCUT2D eigenvalue weighted by Crippen LogP contribution is -2.39. The van der Waals surface area contributed by atoms with Crippen molar-refractivity contribution in [3.8, 4) is 0 Å². The van der Waals surface area contributed by atoms with E-state index in [4.69, 9.17) is 0 Å². The molecule has 0 unspecified atom stereocenters. The lowest BCUT2D eigenvalue weighted by atomic mass is 9.89. The Labute approximate surface area is 145 Å².